The summed E-state index contributed by atoms with van der Waals surface area (Å²) in [6.07, 6.45) is -1.13. The van der Waals surface area contributed by atoms with Crippen LogP contribution >= 0.6 is 0 Å². The van der Waals surface area contributed by atoms with Crippen molar-refractivity contribution in [3.05, 3.63) is 23.3 Å². The minimum Gasteiger partial charge on any atom is -0.493 e. The first-order valence-corrected chi connectivity index (χ1v) is 9.01. The Labute approximate surface area is 153 Å². The van der Waals surface area contributed by atoms with E-state index in [1.807, 2.05) is 0 Å². The van der Waals surface area contributed by atoms with E-state index in [-0.39, 0.29) is 23.5 Å². The highest BCUT2D eigenvalue weighted by molar-refractivity contribution is 5.83. The fraction of sp³-hybridized carbons (Fsp3) is 0.632. The molecule has 0 saturated carbocycles. The third-order valence-corrected chi connectivity index (χ3v) is 5.20. The number of carbonyl (C=O) groups excluding carboxylic acids is 1. The molecular formula is C19H27NO6. The predicted octanol–water partition coefficient (Wildman–Crippen LogP) is 1.20. The average Bonchev–Trinajstić information content (AvgIpc) is 2.53. The SMILES string of the molecule is COc1cc2c(cc1OC(O)(O)O)CCN1CC(CC(C)C)C(=O)CC21. The zero-order chi connectivity index (χ0) is 19.1. The number of aliphatic hydroxyl groups is 3. The van der Waals surface area contributed by atoms with E-state index < -0.39 is 6.16 Å². The number of hydrogen-bond donors (Lipinski definition) is 3. The van der Waals surface area contributed by atoms with Crippen molar-refractivity contribution in [3.8, 4) is 11.5 Å². The summed E-state index contributed by atoms with van der Waals surface area (Å²) in [5, 5.41) is 27.3. The van der Waals surface area contributed by atoms with E-state index in [0.717, 1.165) is 37.1 Å². The quantitative estimate of drug-likeness (QED) is 0.674. The zero-order valence-corrected chi connectivity index (χ0v) is 15.4. The first kappa shape index (κ1) is 19.1. The summed E-state index contributed by atoms with van der Waals surface area (Å²) in [4.78, 5) is 15.0. The molecule has 2 aliphatic rings. The van der Waals surface area contributed by atoms with Crippen LogP contribution in [-0.2, 0) is 11.2 Å². The third kappa shape index (κ3) is 4.01. The fourth-order valence-corrected chi connectivity index (χ4v) is 4.12. The predicted molar refractivity (Wildman–Crippen MR) is 93.6 cm³/mol. The van der Waals surface area contributed by atoms with Gasteiger partial charge in [0.25, 0.3) is 0 Å². The van der Waals surface area contributed by atoms with Crippen molar-refractivity contribution in [3.63, 3.8) is 0 Å². The number of hydrogen-bond acceptors (Lipinski definition) is 7. The Morgan fingerprint density at radius 2 is 2.00 bits per heavy atom. The van der Waals surface area contributed by atoms with Crippen molar-refractivity contribution in [2.45, 2.75) is 45.3 Å². The number of ether oxygens (including phenoxy) is 2. The molecule has 1 fully saturated rings. The number of rotatable bonds is 5. The molecule has 0 bridgehead atoms. The summed E-state index contributed by atoms with van der Waals surface area (Å²) in [6, 6.07) is 3.41. The lowest BCUT2D eigenvalue weighted by Gasteiger charge is -2.43. The Kier molecular flexibility index (Phi) is 5.25. The van der Waals surface area contributed by atoms with Gasteiger partial charge in [-0.3, -0.25) is 9.69 Å². The van der Waals surface area contributed by atoms with E-state index in [2.05, 4.69) is 18.7 Å². The second kappa shape index (κ2) is 7.15. The Balaban J connectivity index is 1.88. The lowest BCUT2D eigenvalue weighted by Crippen LogP contribution is -2.46. The number of nitrogens with zero attached hydrogens (tertiary/aromatic N) is 1. The second-order valence-corrected chi connectivity index (χ2v) is 7.64. The van der Waals surface area contributed by atoms with E-state index in [9.17, 15) is 4.79 Å². The summed E-state index contributed by atoms with van der Waals surface area (Å²) in [5.74, 6) is 1.22. The molecule has 2 unspecified atom stereocenters. The molecule has 144 valence electrons. The largest absolute Gasteiger partial charge is 0.493 e. The van der Waals surface area contributed by atoms with Crippen LogP contribution in [0.15, 0.2) is 12.1 Å². The van der Waals surface area contributed by atoms with E-state index in [4.69, 9.17) is 24.8 Å². The highest BCUT2D eigenvalue weighted by atomic mass is 16.9. The van der Waals surface area contributed by atoms with Gasteiger partial charge in [-0.25, -0.2) is 0 Å². The first-order chi connectivity index (χ1) is 12.2. The van der Waals surface area contributed by atoms with Crippen LogP contribution in [0.3, 0.4) is 0 Å². The standard InChI is InChI=1S/C19H27NO6/c1-11(2)6-13-10-20-5-4-12-7-18(26-19(22,23)24)17(25-3)8-14(12)15(20)9-16(13)21/h7-8,11,13,15,22-24H,4-6,9-10H2,1-3H3. The average molecular weight is 365 g/mol. The van der Waals surface area contributed by atoms with Crippen molar-refractivity contribution in [2.75, 3.05) is 20.2 Å². The lowest BCUT2D eigenvalue weighted by atomic mass is 9.80. The molecule has 1 saturated heterocycles. The topological polar surface area (TPSA) is 99.5 Å². The minimum atomic E-state index is -3.27. The van der Waals surface area contributed by atoms with Crippen LogP contribution in [0.5, 0.6) is 11.5 Å². The molecule has 1 aromatic carbocycles. The molecule has 7 nitrogen and oxygen atoms in total. The third-order valence-electron chi connectivity index (χ3n) is 5.20. The number of piperidine rings is 1. The van der Waals surface area contributed by atoms with Gasteiger partial charge in [0.1, 0.15) is 5.78 Å². The molecule has 3 N–H and O–H groups in total. The van der Waals surface area contributed by atoms with Crippen molar-refractivity contribution in [1.82, 2.24) is 4.90 Å². The molecule has 3 rings (SSSR count). The summed E-state index contributed by atoms with van der Waals surface area (Å²) >= 11 is 0. The van der Waals surface area contributed by atoms with E-state index in [0.29, 0.717) is 18.1 Å². The molecule has 7 heteroatoms. The highest BCUT2D eigenvalue weighted by Crippen LogP contribution is 2.43. The van der Waals surface area contributed by atoms with Crippen LogP contribution in [0, 0.1) is 11.8 Å². The van der Waals surface area contributed by atoms with Crippen LogP contribution in [0.25, 0.3) is 0 Å². The van der Waals surface area contributed by atoms with Gasteiger partial charge in [-0.1, -0.05) is 13.8 Å². The van der Waals surface area contributed by atoms with E-state index >= 15 is 0 Å². The van der Waals surface area contributed by atoms with E-state index in [1.165, 1.54) is 7.11 Å². The second-order valence-electron chi connectivity index (χ2n) is 7.64. The van der Waals surface area contributed by atoms with Gasteiger partial charge in [-0.05, 0) is 42.0 Å². The maximum Gasteiger partial charge on any atom is 0.453 e. The Hall–Kier alpha value is -1.67. The molecule has 0 amide bonds. The smallest absolute Gasteiger partial charge is 0.453 e. The number of carbonyl (C=O) groups is 1. The van der Waals surface area contributed by atoms with Gasteiger partial charge in [0, 0.05) is 31.5 Å². The Bertz CT molecular complexity index is 681. The van der Waals surface area contributed by atoms with Gasteiger partial charge in [-0.2, -0.15) is 0 Å². The van der Waals surface area contributed by atoms with E-state index in [1.54, 1.807) is 12.1 Å². The molecule has 0 aromatic heterocycles. The van der Waals surface area contributed by atoms with Crippen LogP contribution in [0.4, 0.5) is 0 Å². The van der Waals surface area contributed by atoms with Crippen molar-refractivity contribution in [2.24, 2.45) is 11.8 Å². The number of Topliss-reactive ketones (excluding diaryl/α,β-unsaturated/α-hetero) is 1. The minimum absolute atomic E-state index is 0.000232. The summed E-state index contributed by atoms with van der Waals surface area (Å²) < 4.78 is 10.0. The molecule has 0 spiro atoms. The zero-order valence-electron chi connectivity index (χ0n) is 15.4. The highest BCUT2D eigenvalue weighted by Gasteiger charge is 2.39. The maximum absolute atomic E-state index is 12.6. The fourth-order valence-electron chi connectivity index (χ4n) is 4.12. The number of benzene rings is 1. The number of ketones is 1. The molecular weight excluding hydrogens is 338 g/mol. The molecule has 0 aliphatic carbocycles. The van der Waals surface area contributed by atoms with Crippen molar-refractivity contribution >= 4 is 5.78 Å². The monoisotopic (exact) mass is 365 g/mol. The molecule has 2 heterocycles. The molecule has 2 atom stereocenters. The molecule has 2 aliphatic heterocycles. The van der Waals surface area contributed by atoms with Crippen molar-refractivity contribution in [1.29, 1.82) is 0 Å². The van der Waals surface area contributed by atoms with Gasteiger partial charge >= 0.3 is 6.16 Å². The molecule has 0 radical (unpaired) electrons. The van der Waals surface area contributed by atoms with Gasteiger partial charge in [0.15, 0.2) is 11.5 Å². The molecule has 26 heavy (non-hydrogen) atoms. The maximum atomic E-state index is 12.6. The van der Waals surface area contributed by atoms with Crippen LogP contribution in [0.1, 0.15) is 43.9 Å². The lowest BCUT2D eigenvalue weighted by molar-refractivity contribution is -0.419. The van der Waals surface area contributed by atoms with Crippen LogP contribution in [0.2, 0.25) is 0 Å². The normalized spacial score (nSPS) is 23.6. The Morgan fingerprint density at radius 3 is 2.62 bits per heavy atom. The summed E-state index contributed by atoms with van der Waals surface area (Å²) in [6.45, 7) is 5.88. The van der Waals surface area contributed by atoms with Crippen LogP contribution < -0.4 is 9.47 Å². The number of fused-ring (bicyclic) bond motifs is 3. The molecule has 1 aromatic rings. The first-order valence-electron chi connectivity index (χ1n) is 9.01. The van der Waals surface area contributed by atoms with Crippen LogP contribution in [-0.4, -0.2) is 52.4 Å². The Morgan fingerprint density at radius 1 is 1.27 bits per heavy atom. The van der Waals surface area contributed by atoms with Crippen molar-refractivity contribution < 1.29 is 29.6 Å². The number of methoxy groups -OCH3 is 1. The summed E-state index contributed by atoms with van der Waals surface area (Å²) in [5.41, 5.74) is 1.96. The van der Waals surface area contributed by atoms with Gasteiger partial charge in [-0.15, -0.1) is 0 Å². The van der Waals surface area contributed by atoms with Gasteiger partial charge < -0.3 is 24.8 Å². The van der Waals surface area contributed by atoms with Gasteiger partial charge in [0.05, 0.1) is 7.11 Å². The van der Waals surface area contributed by atoms with Gasteiger partial charge in [0.2, 0.25) is 0 Å². The summed E-state index contributed by atoms with van der Waals surface area (Å²) in [7, 11) is 1.44.